The molecule has 0 saturated carbocycles. The highest BCUT2D eigenvalue weighted by Gasteiger charge is 2.27. The topological polar surface area (TPSA) is 57.6 Å². The van der Waals surface area contributed by atoms with Crippen molar-refractivity contribution in [2.75, 3.05) is 7.05 Å². The van der Waals surface area contributed by atoms with Gasteiger partial charge in [0.2, 0.25) is 0 Å². The van der Waals surface area contributed by atoms with E-state index < -0.39 is 12.0 Å². The second-order valence-electron chi connectivity index (χ2n) is 6.24. The number of carboxylic acids is 1. The second kappa shape index (κ2) is 7.77. The van der Waals surface area contributed by atoms with Gasteiger partial charge in [0, 0.05) is 19.0 Å². The number of hydrogen-bond acceptors (Lipinski definition) is 2. The SMILES string of the molecule is CC(C)c1ccc(C(=O)N(C)C(Cc2ccccc2)C(=O)O)cc1. The minimum absolute atomic E-state index is 0.280. The molecule has 0 aliphatic heterocycles. The Balaban J connectivity index is 2.17. The fraction of sp³-hybridized carbons (Fsp3) is 0.300. The van der Waals surface area contributed by atoms with Crippen LogP contribution in [-0.4, -0.2) is 35.0 Å². The van der Waals surface area contributed by atoms with E-state index in [1.807, 2.05) is 42.5 Å². The summed E-state index contributed by atoms with van der Waals surface area (Å²) in [6.45, 7) is 4.17. The van der Waals surface area contributed by atoms with Gasteiger partial charge in [-0.25, -0.2) is 4.79 Å². The Morgan fingerprint density at radius 3 is 2.08 bits per heavy atom. The Hall–Kier alpha value is -2.62. The molecule has 1 N–H and O–H groups in total. The maximum absolute atomic E-state index is 12.6. The predicted molar refractivity (Wildman–Crippen MR) is 94.2 cm³/mol. The van der Waals surface area contributed by atoms with E-state index in [-0.39, 0.29) is 12.3 Å². The molecule has 1 atom stereocenters. The second-order valence-corrected chi connectivity index (χ2v) is 6.24. The first kappa shape index (κ1) is 17.7. The lowest BCUT2D eigenvalue weighted by Crippen LogP contribution is -2.43. The first-order chi connectivity index (χ1) is 11.4. The molecule has 24 heavy (non-hydrogen) atoms. The van der Waals surface area contributed by atoms with Crippen molar-refractivity contribution in [2.24, 2.45) is 0 Å². The van der Waals surface area contributed by atoms with Crippen molar-refractivity contribution < 1.29 is 14.7 Å². The summed E-state index contributed by atoms with van der Waals surface area (Å²) in [6.07, 6.45) is 0.280. The van der Waals surface area contributed by atoms with Crippen molar-refractivity contribution in [1.82, 2.24) is 4.90 Å². The van der Waals surface area contributed by atoms with E-state index in [0.29, 0.717) is 11.5 Å². The van der Waals surface area contributed by atoms with Gasteiger partial charge < -0.3 is 10.0 Å². The minimum Gasteiger partial charge on any atom is -0.480 e. The summed E-state index contributed by atoms with van der Waals surface area (Å²) in [4.78, 5) is 25.6. The third-order valence-electron chi connectivity index (χ3n) is 4.17. The van der Waals surface area contributed by atoms with Crippen LogP contribution >= 0.6 is 0 Å². The highest BCUT2D eigenvalue weighted by Crippen LogP contribution is 2.17. The molecule has 0 aromatic heterocycles. The smallest absolute Gasteiger partial charge is 0.326 e. The quantitative estimate of drug-likeness (QED) is 0.883. The molecular weight excluding hydrogens is 302 g/mol. The van der Waals surface area contributed by atoms with Gasteiger partial charge >= 0.3 is 5.97 Å². The lowest BCUT2D eigenvalue weighted by atomic mass is 10.0. The molecule has 126 valence electrons. The third-order valence-corrected chi connectivity index (χ3v) is 4.17. The summed E-state index contributed by atoms with van der Waals surface area (Å²) >= 11 is 0. The van der Waals surface area contributed by atoms with E-state index in [4.69, 9.17) is 0 Å². The highest BCUT2D eigenvalue weighted by molar-refractivity contribution is 5.96. The summed E-state index contributed by atoms with van der Waals surface area (Å²) in [5.41, 5.74) is 2.54. The molecule has 4 nitrogen and oxygen atoms in total. The maximum Gasteiger partial charge on any atom is 0.326 e. The van der Waals surface area contributed by atoms with Crippen molar-refractivity contribution in [3.63, 3.8) is 0 Å². The van der Waals surface area contributed by atoms with E-state index in [1.54, 1.807) is 19.2 Å². The van der Waals surface area contributed by atoms with Crippen molar-refractivity contribution in [3.8, 4) is 0 Å². The standard InChI is InChI=1S/C20H23NO3/c1-14(2)16-9-11-17(12-10-16)19(22)21(3)18(20(23)24)13-15-7-5-4-6-8-15/h4-12,14,18H,13H2,1-3H3,(H,23,24). The van der Waals surface area contributed by atoms with Gasteiger partial charge in [-0.3, -0.25) is 4.79 Å². The van der Waals surface area contributed by atoms with Crippen LogP contribution in [0.25, 0.3) is 0 Å². The van der Waals surface area contributed by atoms with E-state index in [0.717, 1.165) is 11.1 Å². The van der Waals surface area contributed by atoms with Crippen LogP contribution in [0.5, 0.6) is 0 Å². The van der Waals surface area contributed by atoms with Gasteiger partial charge in [0.25, 0.3) is 5.91 Å². The van der Waals surface area contributed by atoms with Crippen molar-refractivity contribution in [1.29, 1.82) is 0 Å². The molecule has 0 aliphatic rings. The molecule has 4 heteroatoms. The minimum atomic E-state index is -1.01. The molecule has 0 aliphatic carbocycles. The molecule has 0 heterocycles. The van der Waals surface area contributed by atoms with Crippen molar-refractivity contribution in [2.45, 2.75) is 32.2 Å². The van der Waals surface area contributed by atoms with Gasteiger partial charge in [-0.1, -0.05) is 56.3 Å². The first-order valence-electron chi connectivity index (χ1n) is 8.04. The molecule has 0 spiro atoms. The molecule has 0 radical (unpaired) electrons. The number of carbonyl (C=O) groups is 2. The molecular formula is C20H23NO3. The Kier molecular flexibility index (Phi) is 5.74. The number of likely N-dealkylation sites (N-methyl/N-ethyl adjacent to an activating group) is 1. The van der Waals surface area contributed by atoms with Crippen LogP contribution in [0.15, 0.2) is 54.6 Å². The maximum atomic E-state index is 12.6. The van der Waals surface area contributed by atoms with Crippen LogP contribution in [-0.2, 0) is 11.2 Å². The van der Waals surface area contributed by atoms with Gasteiger partial charge in [-0.2, -0.15) is 0 Å². The van der Waals surface area contributed by atoms with Crippen LogP contribution < -0.4 is 0 Å². The van der Waals surface area contributed by atoms with Crippen LogP contribution in [0.1, 0.15) is 41.3 Å². The van der Waals surface area contributed by atoms with Crippen LogP contribution in [0, 0.1) is 0 Å². The number of aliphatic carboxylic acids is 1. The summed E-state index contributed by atoms with van der Waals surface area (Å²) in [6, 6.07) is 15.8. The molecule has 0 fully saturated rings. The van der Waals surface area contributed by atoms with E-state index in [2.05, 4.69) is 13.8 Å². The van der Waals surface area contributed by atoms with E-state index >= 15 is 0 Å². The first-order valence-corrected chi connectivity index (χ1v) is 8.04. The average molecular weight is 325 g/mol. The Morgan fingerprint density at radius 1 is 1.00 bits per heavy atom. The van der Waals surface area contributed by atoms with Crippen LogP contribution in [0.4, 0.5) is 0 Å². The largest absolute Gasteiger partial charge is 0.480 e. The normalized spacial score (nSPS) is 12.0. The van der Waals surface area contributed by atoms with Crippen LogP contribution in [0.2, 0.25) is 0 Å². The molecule has 2 rings (SSSR count). The predicted octanol–water partition coefficient (Wildman–Crippen LogP) is 3.58. The third kappa shape index (κ3) is 4.22. The fourth-order valence-corrected chi connectivity index (χ4v) is 2.58. The molecule has 0 bridgehead atoms. The summed E-state index contributed by atoms with van der Waals surface area (Å²) in [5, 5.41) is 9.52. The lowest BCUT2D eigenvalue weighted by Gasteiger charge is -2.25. The number of benzene rings is 2. The fourth-order valence-electron chi connectivity index (χ4n) is 2.58. The van der Waals surface area contributed by atoms with Crippen LogP contribution in [0.3, 0.4) is 0 Å². The highest BCUT2D eigenvalue weighted by atomic mass is 16.4. The Bertz CT molecular complexity index is 693. The molecule has 1 unspecified atom stereocenters. The molecule has 1 amide bonds. The zero-order valence-corrected chi connectivity index (χ0v) is 14.3. The van der Waals surface area contributed by atoms with E-state index in [1.165, 1.54) is 4.90 Å². The zero-order valence-electron chi connectivity index (χ0n) is 14.3. The zero-order chi connectivity index (χ0) is 17.7. The number of nitrogens with zero attached hydrogens (tertiary/aromatic N) is 1. The van der Waals surface area contributed by atoms with Gasteiger partial charge in [0.15, 0.2) is 0 Å². The Morgan fingerprint density at radius 2 is 1.58 bits per heavy atom. The van der Waals surface area contributed by atoms with Crippen molar-refractivity contribution in [3.05, 3.63) is 71.3 Å². The van der Waals surface area contributed by atoms with E-state index in [9.17, 15) is 14.7 Å². The Labute approximate surface area is 142 Å². The number of hydrogen-bond donors (Lipinski definition) is 1. The summed E-state index contributed by atoms with van der Waals surface area (Å²) < 4.78 is 0. The average Bonchev–Trinajstić information content (AvgIpc) is 2.59. The summed E-state index contributed by atoms with van der Waals surface area (Å²) in [5.74, 6) is -0.904. The summed E-state index contributed by atoms with van der Waals surface area (Å²) in [7, 11) is 1.54. The van der Waals surface area contributed by atoms with Gasteiger partial charge in [0.1, 0.15) is 6.04 Å². The van der Waals surface area contributed by atoms with Gasteiger partial charge in [-0.05, 0) is 29.2 Å². The monoisotopic (exact) mass is 325 g/mol. The molecule has 0 saturated heterocycles. The molecule has 2 aromatic rings. The van der Waals surface area contributed by atoms with Crippen molar-refractivity contribution >= 4 is 11.9 Å². The number of carbonyl (C=O) groups excluding carboxylic acids is 1. The number of rotatable bonds is 6. The lowest BCUT2D eigenvalue weighted by molar-refractivity contribution is -0.141. The number of carboxylic acid groups (broad SMARTS) is 1. The number of amides is 1. The molecule has 2 aromatic carbocycles. The van der Waals surface area contributed by atoms with Gasteiger partial charge in [-0.15, -0.1) is 0 Å². The van der Waals surface area contributed by atoms with Gasteiger partial charge in [0.05, 0.1) is 0 Å².